The summed E-state index contributed by atoms with van der Waals surface area (Å²) in [5.41, 5.74) is 1.90. The average molecular weight is 293 g/mol. The summed E-state index contributed by atoms with van der Waals surface area (Å²) in [5, 5.41) is 12.5. The van der Waals surface area contributed by atoms with Gasteiger partial charge in [0.2, 0.25) is 0 Å². The minimum atomic E-state index is 0.698. The molecule has 110 valence electrons. The SMILES string of the molecule is COCCNCc1ccc(SCCN(C)C)c(C#N)c1. The van der Waals surface area contributed by atoms with Crippen molar-refractivity contribution in [3.8, 4) is 6.07 Å². The van der Waals surface area contributed by atoms with Crippen LogP contribution in [0.3, 0.4) is 0 Å². The molecule has 0 aliphatic rings. The lowest BCUT2D eigenvalue weighted by Crippen LogP contribution is -2.18. The molecule has 0 fully saturated rings. The van der Waals surface area contributed by atoms with Crippen LogP contribution in [0.1, 0.15) is 11.1 Å². The lowest BCUT2D eigenvalue weighted by Gasteiger charge is -2.10. The van der Waals surface area contributed by atoms with Crippen LogP contribution >= 0.6 is 11.8 Å². The van der Waals surface area contributed by atoms with Crippen LogP contribution in [0, 0.1) is 11.3 Å². The summed E-state index contributed by atoms with van der Waals surface area (Å²) in [6, 6.07) is 8.39. The van der Waals surface area contributed by atoms with Crippen molar-refractivity contribution in [2.24, 2.45) is 0 Å². The first-order chi connectivity index (χ1) is 9.67. The molecule has 0 atom stereocenters. The van der Waals surface area contributed by atoms with Gasteiger partial charge in [0.25, 0.3) is 0 Å². The lowest BCUT2D eigenvalue weighted by molar-refractivity contribution is 0.199. The molecule has 20 heavy (non-hydrogen) atoms. The predicted octanol–water partition coefficient (Wildman–Crippen LogP) is 1.95. The Labute approximate surface area is 126 Å². The molecule has 1 rings (SSSR count). The zero-order valence-electron chi connectivity index (χ0n) is 12.5. The summed E-state index contributed by atoms with van der Waals surface area (Å²) in [6.45, 7) is 3.29. The molecule has 0 aromatic heterocycles. The molecule has 0 aliphatic heterocycles. The topological polar surface area (TPSA) is 48.3 Å². The number of rotatable bonds is 9. The first-order valence-electron chi connectivity index (χ1n) is 6.67. The fourth-order valence-corrected chi connectivity index (χ4v) is 2.75. The molecule has 1 aromatic rings. The van der Waals surface area contributed by atoms with Crippen LogP contribution in [-0.4, -0.2) is 51.6 Å². The van der Waals surface area contributed by atoms with Crippen LogP contribution in [-0.2, 0) is 11.3 Å². The second kappa shape index (κ2) is 9.78. The molecular weight excluding hydrogens is 270 g/mol. The van der Waals surface area contributed by atoms with E-state index in [2.05, 4.69) is 36.4 Å². The number of hydrogen-bond donors (Lipinski definition) is 1. The fraction of sp³-hybridized carbons (Fsp3) is 0.533. The summed E-state index contributed by atoms with van der Waals surface area (Å²) in [4.78, 5) is 3.21. The van der Waals surface area contributed by atoms with E-state index in [1.165, 1.54) is 0 Å². The third kappa shape index (κ3) is 6.40. The van der Waals surface area contributed by atoms with Gasteiger partial charge in [-0.15, -0.1) is 11.8 Å². The van der Waals surface area contributed by atoms with Gasteiger partial charge in [-0.05, 0) is 31.8 Å². The van der Waals surface area contributed by atoms with Crippen molar-refractivity contribution in [1.29, 1.82) is 5.26 Å². The molecule has 1 N–H and O–H groups in total. The van der Waals surface area contributed by atoms with Crippen molar-refractivity contribution in [1.82, 2.24) is 10.2 Å². The first kappa shape index (κ1) is 17.0. The number of ether oxygens (including phenoxy) is 1. The molecular formula is C15H23N3OS. The number of nitrogens with zero attached hydrogens (tertiary/aromatic N) is 2. The highest BCUT2D eigenvalue weighted by Gasteiger charge is 2.04. The maximum atomic E-state index is 9.25. The Morgan fingerprint density at radius 2 is 2.20 bits per heavy atom. The van der Waals surface area contributed by atoms with Crippen molar-refractivity contribution in [2.45, 2.75) is 11.4 Å². The third-order valence-electron chi connectivity index (χ3n) is 2.77. The van der Waals surface area contributed by atoms with Crippen LogP contribution in [0.5, 0.6) is 0 Å². The number of nitriles is 1. The van der Waals surface area contributed by atoms with Crippen LogP contribution < -0.4 is 5.32 Å². The second-order valence-corrected chi connectivity index (χ2v) is 5.90. The molecule has 0 unspecified atom stereocenters. The molecule has 0 spiro atoms. The molecule has 0 bridgehead atoms. The van der Waals surface area contributed by atoms with E-state index in [-0.39, 0.29) is 0 Å². The predicted molar refractivity (Wildman–Crippen MR) is 84.0 cm³/mol. The zero-order valence-corrected chi connectivity index (χ0v) is 13.3. The maximum Gasteiger partial charge on any atom is 0.100 e. The van der Waals surface area contributed by atoms with Gasteiger partial charge >= 0.3 is 0 Å². The highest BCUT2D eigenvalue weighted by molar-refractivity contribution is 7.99. The highest BCUT2D eigenvalue weighted by atomic mass is 32.2. The third-order valence-corrected chi connectivity index (χ3v) is 3.83. The molecule has 1 aromatic carbocycles. The van der Waals surface area contributed by atoms with Crippen LogP contribution in [0.15, 0.2) is 23.1 Å². The van der Waals surface area contributed by atoms with E-state index in [4.69, 9.17) is 4.74 Å². The van der Waals surface area contributed by atoms with Gasteiger partial charge in [0.1, 0.15) is 6.07 Å². The van der Waals surface area contributed by atoms with E-state index in [0.29, 0.717) is 6.61 Å². The van der Waals surface area contributed by atoms with Gasteiger partial charge in [-0.1, -0.05) is 6.07 Å². The Kier molecular flexibility index (Phi) is 8.31. The fourth-order valence-electron chi connectivity index (χ4n) is 1.65. The van der Waals surface area contributed by atoms with Gasteiger partial charge < -0.3 is 15.0 Å². The largest absolute Gasteiger partial charge is 0.383 e. The Morgan fingerprint density at radius 3 is 2.85 bits per heavy atom. The summed E-state index contributed by atoms with van der Waals surface area (Å²) in [6.07, 6.45) is 0. The Hall–Kier alpha value is -1.06. The molecule has 0 amide bonds. The van der Waals surface area contributed by atoms with E-state index in [1.54, 1.807) is 18.9 Å². The summed E-state index contributed by atoms with van der Waals surface area (Å²) >= 11 is 1.74. The van der Waals surface area contributed by atoms with Gasteiger partial charge in [-0.25, -0.2) is 0 Å². The minimum Gasteiger partial charge on any atom is -0.383 e. The zero-order chi connectivity index (χ0) is 14.8. The van der Waals surface area contributed by atoms with Gasteiger partial charge in [0.15, 0.2) is 0 Å². The quantitative estimate of drug-likeness (QED) is 0.557. The smallest absolute Gasteiger partial charge is 0.100 e. The molecule has 0 aliphatic carbocycles. The molecule has 0 radical (unpaired) electrons. The Morgan fingerprint density at radius 1 is 1.40 bits per heavy atom. The minimum absolute atomic E-state index is 0.698. The highest BCUT2D eigenvalue weighted by Crippen LogP contribution is 2.23. The monoisotopic (exact) mass is 293 g/mol. The van der Waals surface area contributed by atoms with E-state index in [1.807, 2.05) is 12.1 Å². The number of nitrogens with one attached hydrogen (secondary N) is 1. The van der Waals surface area contributed by atoms with Gasteiger partial charge in [-0.2, -0.15) is 5.26 Å². The normalized spacial score (nSPS) is 10.8. The number of hydrogen-bond acceptors (Lipinski definition) is 5. The second-order valence-electron chi connectivity index (χ2n) is 4.76. The van der Waals surface area contributed by atoms with E-state index in [0.717, 1.165) is 41.4 Å². The van der Waals surface area contributed by atoms with Crippen molar-refractivity contribution >= 4 is 11.8 Å². The van der Waals surface area contributed by atoms with Gasteiger partial charge in [0.05, 0.1) is 12.2 Å². The standard InChI is InChI=1S/C15H23N3OS/c1-18(2)7-9-20-15-5-4-13(10-14(15)11-16)12-17-6-8-19-3/h4-5,10,17H,6-9,12H2,1-3H3. The van der Waals surface area contributed by atoms with E-state index >= 15 is 0 Å². The summed E-state index contributed by atoms with van der Waals surface area (Å²) in [5.74, 6) is 0.993. The molecule has 5 heteroatoms. The molecule has 0 saturated heterocycles. The van der Waals surface area contributed by atoms with Crippen molar-refractivity contribution < 1.29 is 4.74 Å². The van der Waals surface area contributed by atoms with E-state index in [9.17, 15) is 5.26 Å². The van der Waals surface area contributed by atoms with Crippen molar-refractivity contribution in [3.05, 3.63) is 29.3 Å². The first-order valence-corrected chi connectivity index (χ1v) is 7.66. The van der Waals surface area contributed by atoms with Crippen LogP contribution in [0.4, 0.5) is 0 Å². The molecule has 4 nitrogen and oxygen atoms in total. The van der Waals surface area contributed by atoms with E-state index < -0.39 is 0 Å². The lowest BCUT2D eigenvalue weighted by atomic mass is 10.1. The average Bonchev–Trinajstić information content (AvgIpc) is 2.44. The van der Waals surface area contributed by atoms with Gasteiger partial charge in [0, 0.05) is 37.4 Å². The summed E-state index contributed by atoms with van der Waals surface area (Å²) < 4.78 is 4.99. The molecule has 0 heterocycles. The van der Waals surface area contributed by atoms with Gasteiger partial charge in [-0.3, -0.25) is 0 Å². The number of thioether (sulfide) groups is 1. The van der Waals surface area contributed by atoms with Crippen molar-refractivity contribution in [3.63, 3.8) is 0 Å². The number of benzene rings is 1. The number of methoxy groups -OCH3 is 1. The molecule has 0 saturated carbocycles. The Balaban J connectivity index is 2.54. The van der Waals surface area contributed by atoms with Crippen LogP contribution in [0.2, 0.25) is 0 Å². The van der Waals surface area contributed by atoms with Crippen LogP contribution in [0.25, 0.3) is 0 Å². The Bertz CT molecular complexity index is 443. The maximum absolute atomic E-state index is 9.25. The van der Waals surface area contributed by atoms with Crippen molar-refractivity contribution in [2.75, 3.05) is 46.7 Å². The summed E-state index contributed by atoms with van der Waals surface area (Å²) in [7, 11) is 5.80.